The van der Waals surface area contributed by atoms with Crippen LogP contribution in [0.5, 0.6) is 17.2 Å². The largest absolute Gasteiger partial charge is 0.495 e. The summed E-state index contributed by atoms with van der Waals surface area (Å²) in [5.74, 6) is 4.10. The number of anilines is 18. The highest BCUT2D eigenvalue weighted by atomic mass is 35.5. The van der Waals surface area contributed by atoms with Gasteiger partial charge in [-0.15, -0.1) is 0 Å². The van der Waals surface area contributed by atoms with Gasteiger partial charge in [-0.25, -0.2) is 49.9 Å². The molecule has 0 aliphatic carbocycles. The molecule has 0 atom stereocenters. The van der Waals surface area contributed by atoms with Gasteiger partial charge in [-0.3, -0.25) is 4.90 Å². The van der Waals surface area contributed by atoms with Crippen LogP contribution in [-0.4, -0.2) is 238 Å². The number of piperazine rings is 1. The summed E-state index contributed by atoms with van der Waals surface area (Å²) in [6.45, 7) is 32.5. The van der Waals surface area contributed by atoms with Crippen molar-refractivity contribution in [3.05, 3.63) is 220 Å². The van der Waals surface area contributed by atoms with Gasteiger partial charge in [0, 0.05) is 128 Å². The Morgan fingerprint density at radius 1 is 0.430 bits per heavy atom. The second-order valence-electron chi connectivity index (χ2n) is 35.8. The van der Waals surface area contributed by atoms with Crippen LogP contribution < -0.4 is 87.2 Å². The van der Waals surface area contributed by atoms with Crippen LogP contribution in [0.15, 0.2) is 209 Å². The van der Waals surface area contributed by atoms with Crippen molar-refractivity contribution >= 4 is 225 Å². The average Bonchev–Trinajstić information content (AvgIpc) is 0.813. The van der Waals surface area contributed by atoms with Crippen molar-refractivity contribution in [1.82, 2.24) is 54.4 Å². The fraction of sp³-hybridized carbons (Fsp3) is 0.340. The Hall–Kier alpha value is -10.7. The Labute approximate surface area is 852 Å². The number of ether oxygens (including phenoxy) is 3. The standard InChI is InChI=1S/C30H41ClN7O2P.C25H31ClN5O4PS.C22H27ClN5O3PS.C20H22ClN4O4PS/c1-5-36-16-18-38(19-17-36)22-12-14-37(15-13-22)23-10-11-25(27(20-23)40-2)34-30-32-21-24(31)29(35-30)33-26-8-6-7-9-28(26)41(3,4)39;1-17(2)37(33,34)23-8-6-5-7-21(23)28-24-19(26)16-27-25(30-24)29-20-10-9-18(15-22(20)35-3)31-11-13-36(4,32)14-12-31;1-14(2)28-33(30,31)20-9-7-6-8-19(20)25-21-17(23)13-24-22(27-21)26-18-11-10-16(12-15(18)3)32(4,5)29;1-29-17-11-13(30(2,3)26)9-10-15(17)24-20-22-12-14(21)19(25-20)23-16-7-5-6-8-18(16)31(4,27)28/h6-11,20-22H,5,12-19H2,1-4H3,(H2,32,33,34,35);5-10,15-17H,11-14H2,1-4H3,(H2,27,28,29,30);6-14,28H,1-5H3,(H2,24,25,26,27);5-12H,1-4H3,(H2,22,23,24,25). The highest BCUT2D eigenvalue weighted by molar-refractivity contribution is 7.92. The first-order chi connectivity index (χ1) is 67.1. The van der Waals surface area contributed by atoms with Crippen LogP contribution in [0, 0.1) is 6.92 Å². The van der Waals surface area contributed by atoms with Crippen LogP contribution in [-0.2, 0) is 48.0 Å². The summed E-state index contributed by atoms with van der Waals surface area (Å²) >= 11 is 25.3. The molecule has 3 saturated heterocycles. The first-order valence-corrected chi connectivity index (χ1v) is 62.3. The Morgan fingerprint density at radius 2 is 0.789 bits per heavy atom. The molecule has 3 aliphatic heterocycles. The maximum Gasteiger partial charge on any atom is 0.242 e. The number of methoxy groups -OCH3 is 3. The van der Waals surface area contributed by atoms with E-state index in [4.69, 9.17) is 60.6 Å². The molecule has 4 aromatic heterocycles. The van der Waals surface area contributed by atoms with E-state index in [1.807, 2.05) is 80.3 Å². The second-order valence-corrected chi connectivity index (χ2v) is 56.7. The van der Waals surface area contributed by atoms with E-state index in [9.17, 15) is 43.5 Å². The number of hydrogen-bond donors (Lipinski definition) is 9. The fourth-order valence-corrected chi connectivity index (χ4v) is 24.0. The fourth-order valence-electron chi connectivity index (χ4n) is 15.5. The van der Waals surface area contributed by atoms with Crippen LogP contribution in [0.4, 0.5) is 104 Å². The lowest BCUT2D eigenvalue weighted by Gasteiger charge is -2.43. The summed E-state index contributed by atoms with van der Waals surface area (Å²) in [6.07, 6.45) is 10.7. The third-order valence-electron chi connectivity index (χ3n) is 23.4. The molecule has 0 bridgehead atoms. The molecule has 8 aromatic carbocycles. The number of nitrogens with one attached hydrogen (secondary N) is 9. The van der Waals surface area contributed by atoms with Gasteiger partial charge in [0.1, 0.15) is 63.7 Å². The summed E-state index contributed by atoms with van der Waals surface area (Å²) in [5, 5.41) is 27.6. The number of halogens is 4. The minimum absolute atomic E-state index is 0.0814. The maximum atomic E-state index is 12.8. The molecular weight excluding hydrogens is 2030 g/mol. The Morgan fingerprint density at radius 3 is 1.19 bits per heavy atom. The van der Waals surface area contributed by atoms with E-state index in [1.54, 1.807) is 167 Å². The molecule has 3 aliphatic rings. The quantitative estimate of drug-likeness (QED) is 0.0177. The summed E-state index contributed by atoms with van der Waals surface area (Å²) in [6, 6.07) is 50.2. The third-order valence-corrected chi connectivity index (χ3v) is 36.5. The lowest BCUT2D eigenvalue weighted by Crippen LogP contribution is -2.53. The topological polar surface area (TPSA) is 423 Å². The zero-order valence-electron chi connectivity index (χ0n) is 82.1. The second kappa shape index (κ2) is 47.9. The Kier molecular flexibility index (Phi) is 37.1. The number of piperidine rings is 1. The molecule has 0 spiro atoms. The van der Waals surface area contributed by atoms with Crippen molar-refractivity contribution < 1.29 is 57.7 Å². The predicted molar refractivity (Wildman–Crippen MR) is 583 cm³/mol. The average molecular weight is 2150 g/mol. The predicted octanol–water partition coefficient (Wildman–Crippen LogP) is 20.2. The normalized spacial score (nSPS) is 14.4. The van der Waals surface area contributed by atoms with Gasteiger partial charge < -0.3 is 89.7 Å². The minimum atomic E-state index is -3.74. The van der Waals surface area contributed by atoms with Crippen molar-refractivity contribution in [2.24, 2.45) is 0 Å². The molecule has 758 valence electrons. The number of hydrogen-bond acceptors (Lipinski definition) is 33. The van der Waals surface area contributed by atoms with Crippen LogP contribution >= 0.6 is 75.0 Å². The molecule has 12 aromatic rings. The summed E-state index contributed by atoms with van der Waals surface area (Å²) in [5.41, 5.74) is 7.55. The number of para-hydroxylation sites is 4. The molecule has 0 radical (unpaired) electrons. The van der Waals surface area contributed by atoms with Gasteiger partial charge in [0.15, 0.2) is 42.9 Å². The molecule has 3 fully saturated rings. The first-order valence-electron chi connectivity index (χ1n) is 45.5. The highest BCUT2D eigenvalue weighted by Gasteiger charge is 2.32. The number of nitrogens with zero attached hydrogens (tertiary/aromatic N) is 12. The van der Waals surface area contributed by atoms with Crippen LogP contribution in [0.1, 0.15) is 53.0 Å². The third kappa shape index (κ3) is 29.6. The van der Waals surface area contributed by atoms with Gasteiger partial charge >= 0.3 is 0 Å². The first kappa shape index (κ1) is 110. The molecule has 7 heterocycles. The minimum Gasteiger partial charge on any atom is -0.495 e. The Balaban J connectivity index is 0.000000170. The van der Waals surface area contributed by atoms with Gasteiger partial charge in [0.25, 0.3) is 0 Å². The van der Waals surface area contributed by atoms with Crippen molar-refractivity contribution in [3.8, 4) is 17.2 Å². The van der Waals surface area contributed by atoms with E-state index in [-0.39, 0.29) is 71.1 Å². The van der Waals surface area contributed by atoms with E-state index in [0.29, 0.717) is 86.1 Å². The lowest BCUT2D eigenvalue weighted by atomic mass is 10.0. The number of sulfonamides is 1. The van der Waals surface area contributed by atoms with Crippen molar-refractivity contribution in [2.75, 3.05) is 198 Å². The molecule has 0 unspecified atom stereocenters. The number of aryl methyl sites for hydroxylation is 1. The lowest BCUT2D eigenvalue weighted by molar-refractivity contribution is 0.0878. The summed E-state index contributed by atoms with van der Waals surface area (Å²) < 4.78 is 144. The van der Waals surface area contributed by atoms with Gasteiger partial charge in [-0.1, -0.05) is 102 Å². The molecule has 142 heavy (non-hydrogen) atoms. The molecule has 0 amide bonds. The molecule has 45 heteroatoms. The van der Waals surface area contributed by atoms with Gasteiger partial charge in [-0.2, -0.15) is 19.9 Å². The molecule has 15 rings (SSSR count). The van der Waals surface area contributed by atoms with E-state index in [2.05, 4.69) is 126 Å². The van der Waals surface area contributed by atoms with Crippen molar-refractivity contribution in [2.45, 2.75) is 86.4 Å². The van der Waals surface area contributed by atoms with Crippen molar-refractivity contribution in [3.63, 3.8) is 0 Å². The smallest absolute Gasteiger partial charge is 0.242 e. The van der Waals surface area contributed by atoms with E-state index in [1.165, 1.54) is 76.9 Å². The maximum absolute atomic E-state index is 12.8. The number of rotatable bonds is 32. The zero-order valence-corrected chi connectivity index (χ0v) is 91.1. The number of aromatic nitrogens is 8. The summed E-state index contributed by atoms with van der Waals surface area (Å²) in [4.78, 5) is 45.2. The molecule has 9 N–H and O–H groups in total. The van der Waals surface area contributed by atoms with Gasteiger partial charge in [-0.05, 0) is 215 Å². The molecule has 0 saturated carbocycles. The number of likely N-dealkylation sites (N-methyl/N-ethyl adjacent to an activating group) is 1. The van der Waals surface area contributed by atoms with E-state index in [0.717, 1.165) is 83.7 Å². The van der Waals surface area contributed by atoms with Gasteiger partial charge in [0.05, 0.1) is 108 Å². The van der Waals surface area contributed by atoms with Gasteiger partial charge in [0.2, 0.25) is 33.8 Å². The van der Waals surface area contributed by atoms with E-state index >= 15 is 0 Å². The van der Waals surface area contributed by atoms with Crippen LogP contribution in [0.25, 0.3) is 0 Å². The highest BCUT2D eigenvalue weighted by Crippen LogP contribution is 2.47. The molecular formula is C97H121Cl4N21O13P4S3. The summed E-state index contributed by atoms with van der Waals surface area (Å²) in [7, 11) is -15.3. The van der Waals surface area contributed by atoms with Crippen molar-refractivity contribution in [1.29, 1.82) is 0 Å². The monoisotopic (exact) mass is 2150 g/mol. The van der Waals surface area contributed by atoms with Crippen LogP contribution in [0.3, 0.4) is 0 Å². The van der Waals surface area contributed by atoms with E-state index < -0.39 is 63.5 Å². The number of benzene rings is 8. The zero-order chi connectivity index (χ0) is 103. The van der Waals surface area contributed by atoms with Crippen LogP contribution in [0.2, 0.25) is 20.1 Å². The number of sulfone groups is 2. The molecule has 34 nitrogen and oxygen atoms in total. The Bertz CT molecular complexity index is 7090. The SMILES string of the molecule is CCN1CCN(C2CCN(c3ccc(Nc4ncc(Cl)c(Nc5ccccc5P(C)(C)=O)n4)c(OC)c3)CC2)CC1.COc1cc(N2CCP(C)(=O)CC2)ccc1Nc1ncc(Cl)c(Nc2ccccc2S(=O)(=O)C(C)C)n1.COc1cc(P(C)(C)=O)ccc1Nc1ncc(Cl)c(Nc2ccccc2S(C)(=O)=O)n1.Cc1cc(P(C)(C)=O)ccc1Nc1ncc(Cl)c(Nc2ccccc2S(=O)(=O)NC(C)C)n1.